The zero-order valence-corrected chi connectivity index (χ0v) is 25.2. The Labute approximate surface area is 225 Å². The maximum Gasteiger partial charge on any atom is 0.0806 e. The molecule has 6 heteroatoms. The summed E-state index contributed by atoms with van der Waals surface area (Å²) in [5.74, 6) is 0. The summed E-state index contributed by atoms with van der Waals surface area (Å²) in [6, 6.07) is 9.35. The van der Waals surface area contributed by atoms with Gasteiger partial charge in [0.05, 0.1) is 17.0 Å². The smallest absolute Gasteiger partial charge is 0.0806 e. The summed E-state index contributed by atoms with van der Waals surface area (Å²) in [6.07, 6.45) is 13.0. The monoisotopic (exact) mass is 628 g/mol. The van der Waals surface area contributed by atoms with E-state index in [-0.39, 0.29) is 0 Å². The van der Waals surface area contributed by atoms with E-state index in [2.05, 4.69) is 70.0 Å². The van der Waals surface area contributed by atoms with Gasteiger partial charge in [-0.25, -0.2) is 0 Å². The fourth-order valence-corrected chi connectivity index (χ4v) is 11.2. The van der Waals surface area contributed by atoms with Crippen molar-refractivity contribution in [1.29, 1.82) is 0 Å². The fourth-order valence-electron chi connectivity index (χ4n) is 4.04. The third-order valence-corrected chi connectivity index (χ3v) is 12.0. The highest BCUT2D eigenvalue weighted by atomic mass is 79.9. The summed E-state index contributed by atoms with van der Waals surface area (Å²) in [5, 5.41) is 0. The first-order valence-electron chi connectivity index (χ1n) is 11.7. The van der Waals surface area contributed by atoms with Crippen LogP contribution < -0.4 is 0 Å². The Bertz CT molecular complexity index is 1050. The van der Waals surface area contributed by atoms with Crippen molar-refractivity contribution in [2.45, 2.75) is 78.1 Å². The number of thiophene rings is 4. The summed E-state index contributed by atoms with van der Waals surface area (Å²) >= 11 is 15.6. The number of fused-ring (bicyclic) bond motifs is 1. The van der Waals surface area contributed by atoms with Crippen molar-refractivity contribution in [2.24, 2.45) is 0 Å². The molecule has 0 amide bonds. The van der Waals surface area contributed by atoms with Crippen LogP contribution in [0.3, 0.4) is 0 Å². The molecule has 0 unspecified atom stereocenters. The molecule has 0 atom stereocenters. The van der Waals surface area contributed by atoms with Crippen LogP contribution in [0.5, 0.6) is 0 Å². The van der Waals surface area contributed by atoms with Crippen LogP contribution in [-0.4, -0.2) is 0 Å². The molecule has 0 fully saturated rings. The molecule has 0 N–H and O–H groups in total. The van der Waals surface area contributed by atoms with Crippen LogP contribution in [0.4, 0.5) is 0 Å². The predicted octanol–water partition coefficient (Wildman–Crippen LogP) is 12.2. The molecule has 0 nitrogen and oxygen atoms in total. The molecule has 32 heavy (non-hydrogen) atoms. The molecule has 0 saturated carbocycles. The maximum absolute atomic E-state index is 3.91. The fraction of sp³-hybridized carbons (Fsp3) is 0.462. The maximum atomic E-state index is 3.91. The van der Waals surface area contributed by atoms with Crippen molar-refractivity contribution in [3.63, 3.8) is 0 Å². The standard InChI is InChI=1S/C26H30Br2S4/c1-3-5-7-9-11-17-13-15-19(29-17)21-23-24(32-25(21)27)22(26(28)31-23)20-16-14-18(30-20)12-10-8-6-4-2/h13-16H,3-12H2,1-2H3. The topological polar surface area (TPSA) is 0 Å². The summed E-state index contributed by atoms with van der Waals surface area (Å²) in [5.41, 5.74) is 2.78. The summed E-state index contributed by atoms with van der Waals surface area (Å²) < 4.78 is 5.37. The van der Waals surface area contributed by atoms with Gasteiger partial charge in [0.1, 0.15) is 0 Å². The average molecular weight is 631 g/mol. The molecule has 0 aliphatic heterocycles. The van der Waals surface area contributed by atoms with Gasteiger partial charge in [0.25, 0.3) is 0 Å². The Morgan fingerprint density at radius 1 is 0.562 bits per heavy atom. The van der Waals surface area contributed by atoms with Crippen LogP contribution in [0.25, 0.3) is 30.3 Å². The number of unbranched alkanes of at least 4 members (excludes halogenated alkanes) is 6. The second kappa shape index (κ2) is 12.1. The molecule has 0 bridgehead atoms. The Morgan fingerprint density at radius 3 is 1.41 bits per heavy atom. The Kier molecular flexibility index (Phi) is 9.52. The number of rotatable bonds is 12. The molecule has 0 aliphatic rings. The van der Waals surface area contributed by atoms with Gasteiger partial charge < -0.3 is 0 Å². The molecule has 0 saturated heterocycles. The predicted molar refractivity (Wildman–Crippen MR) is 157 cm³/mol. The van der Waals surface area contributed by atoms with Gasteiger partial charge >= 0.3 is 0 Å². The highest BCUT2D eigenvalue weighted by Crippen LogP contribution is 2.54. The minimum atomic E-state index is 1.21. The highest BCUT2D eigenvalue weighted by Gasteiger charge is 2.23. The third kappa shape index (κ3) is 5.80. The zero-order valence-electron chi connectivity index (χ0n) is 18.8. The molecular formula is C26H30Br2S4. The van der Waals surface area contributed by atoms with Crippen LogP contribution in [0.1, 0.15) is 75.0 Å². The van der Waals surface area contributed by atoms with Gasteiger partial charge in [0.15, 0.2) is 0 Å². The van der Waals surface area contributed by atoms with Gasteiger partial charge in [-0.3, -0.25) is 0 Å². The first-order chi connectivity index (χ1) is 15.6. The summed E-state index contributed by atoms with van der Waals surface area (Å²) in [4.78, 5) is 5.83. The summed E-state index contributed by atoms with van der Waals surface area (Å²) in [6.45, 7) is 4.56. The van der Waals surface area contributed by atoms with E-state index < -0.39 is 0 Å². The van der Waals surface area contributed by atoms with Crippen LogP contribution in [0.2, 0.25) is 0 Å². The molecule has 0 radical (unpaired) electrons. The first-order valence-corrected chi connectivity index (χ1v) is 16.6. The van der Waals surface area contributed by atoms with Gasteiger partial charge in [-0.05, 0) is 81.8 Å². The first kappa shape index (κ1) is 25.1. The van der Waals surface area contributed by atoms with Crippen molar-refractivity contribution in [3.05, 3.63) is 41.6 Å². The molecule has 4 heterocycles. The van der Waals surface area contributed by atoms with Gasteiger partial charge in [-0.15, -0.1) is 45.3 Å². The van der Waals surface area contributed by atoms with Crippen LogP contribution in [0.15, 0.2) is 31.8 Å². The Morgan fingerprint density at radius 2 is 1.00 bits per heavy atom. The number of halogens is 2. The lowest BCUT2D eigenvalue weighted by Gasteiger charge is -1.98. The van der Waals surface area contributed by atoms with Crippen molar-refractivity contribution in [1.82, 2.24) is 0 Å². The van der Waals surface area contributed by atoms with E-state index in [9.17, 15) is 0 Å². The average Bonchev–Trinajstić information content (AvgIpc) is 3.53. The van der Waals surface area contributed by atoms with Gasteiger partial charge in [0, 0.05) is 30.6 Å². The normalized spacial score (nSPS) is 11.8. The van der Waals surface area contributed by atoms with Crippen molar-refractivity contribution < 1.29 is 0 Å². The van der Waals surface area contributed by atoms with E-state index in [1.165, 1.54) is 112 Å². The molecule has 0 aliphatic carbocycles. The second-order valence-corrected chi connectivity index (χ2v) is 15.3. The lowest BCUT2D eigenvalue weighted by molar-refractivity contribution is 0.670. The Hall–Kier alpha value is 0.0200. The molecule has 172 valence electrons. The van der Waals surface area contributed by atoms with Crippen LogP contribution in [0, 0.1) is 0 Å². The van der Waals surface area contributed by atoms with E-state index in [4.69, 9.17) is 0 Å². The second-order valence-electron chi connectivity index (χ2n) is 8.31. The van der Waals surface area contributed by atoms with Gasteiger partial charge in [0.2, 0.25) is 0 Å². The molecule has 4 aromatic heterocycles. The molecular weight excluding hydrogens is 600 g/mol. The minimum absolute atomic E-state index is 1.21. The Balaban J connectivity index is 1.57. The van der Waals surface area contributed by atoms with E-state index in [1.807, 2.05) is 45.3 Å². The molecule has 4 aromatic rings. The van der Waals surface area contributed by atoms with Crippen LogP contribution in [-0.2, 0) is 12.8 Å². The zero-order chi connectivity index (χ0) is 22.5. The largest absolute Gasteiger partial charge is 0.140 e. The van der Waals surface area contributed by atoms with E-state index in [0.717, 1.165) is 0 Å². The minimum Gasteiger partial charge on any atom is -0.140 e. The van der Waals surface area contributed by atoms with E-state index >= 15 is 0 Å². The van der Waals surface area contributed by atoms with Crippen molar-refractivity contribution >= 4 is 86.6 Å². The van der Waals surface area contributed by atoms with Crippen molar-refractivity contribution in [3.8, 4) is 20.9 Å². The summed E-state index contributed by atoms with van der Waals surface area (Å²) in [7, 11) is 0. The number of hydrogen-bond acceptors (Lipinski definition) is 4. The molecule has 0 aromatic carbocycles. The van der Waals surface area contributed by atoms with Crippen molar-refractivity contribution in [2.75, 3.05) is 0 Å². The SMILES string of the molecule is CCCCCCc1ccc(-c2c(Br)sc3c(-c4ccc(CCCCCC)s4)c(Br)sc23)s1. The highest BCUT2D eigenvalue weighted by molar-refractivity contribution is 9.11. The molecule has 0 spiro atoms. The number of aryl methyl sites for hydroxylation is 2. The van der Waals surface area contributed by atoms with Gasteiger partial charge in [-0.1, -0.05) is 52.4 Å². The lowest BCUT2D eigenvalue weighted by atomic mass is 10.1. The lowest BCUT2D eigenvalue weighted by Crippen LogP contribution is -1.80. The number of hydrogen-bond donors (Lipinski definition) is 0. The van der Waals surface area contributed by atoms with Gasteiger partial charge in [-0.2, -0.15) is 0 Å². The third-order valence-electron chi connectivity index (χ3n) is 5.81. The van der Waals surface area contributed by atoms with Crippen LogP contribution >= 0.6 is 77.2 Å². The molecule has 4 rings (SSSR count). The van der Waals surface area contributed by atoms with E-state index in [1.54, 1.807) is 0 Å². The van der Waals surface area contributed by atoms with E-state index in [0.29, 0.717) is 0 Å². The quantitative estimate of drug-likeness (QED) is 0.137.